The second-order valence-electron chi connectivity index (χ2n) is 4.67. The molecular weight excluding hydrogens is 246 g/mol. The number of aliphatic imine (C=N–C) groups is 1. The van der Waals surface area contributed by atoms with Gasteiger partial charge < -0.3 is 10.1 Å². The summed E-state index contributed by atoms with van der Waals surface area (Å²) in [6.07, 6.45) is 0. The first kappa shape index (κ1) is 12.8. The zero-order chi connectivity index (χ0) is 13.2. The molecule has 0 fully saturated rings. The third-order valence-corrected chi connectivity index (χ3v) is 3.86. The van der Waals surface area contributed by atoms with Gasteiger partial charge in [0.05, 0.1) is 30.0 Å². The highest BCUT2D eigenvalue weighted by Crippen LogP contribution is 2.31. The molecule has 0 amide bonds. The molecule has 1 aliphatic heterocycles. The predicted octanol–water partition coefficient (Wildman–Crippen LogP) is 2.86. The van der Waals surface area contributed by atoms with Crippen LogP contribution >= 0.6 is 11.8 Å². The molecule has 1 N–H and O–H groups in total. The summed E-state index contributed by atoms with van der Waals surface area (Å²) in [5.74, 6) is 1.62. The van der Waals surface area contributed by atoms with Crippen LogP contribution in [0.15, 0.2) is 23.2 Å². The maximum absolute atomic E-state index is 8.85. The van der Waals surface area contributed by atoms with Crippen LogP contribution in [0.2, 0.25) is 0 Å². The number of anilines is 1. The van der Waals surface area contributed by atoms with Gasteiger partial charge in [-0.3, -0.25) is 4.99 Å². The minimum absolute atomic E-state index is 0.0210. The van der Waals surface area contributed by atoms with E-state index in [1.54, 1.807) is 31.0 Å². The fourth-order valence-corrected chi connectivity index (χ4v) is 2.68. The average Bonchev–Trinajstić information content (AvgIpc) is 2.69. The van der Waals surface area contributed by atoms with Gasteiger partial charge in [-0.25, -0.2) is 0 Å². The summed E-state index contributed by atoms with van der Waals surface area (Å²) in [7, 11) is 1.59. The summed E-state index contributed by atoms with van der Waals surface area (Å²) in [6, 6.07) is 7.41. The molecule has 0 saturated carbocycles. The van der Waals surface area contributed by atoms with Crippen LogP contribution in [0.3, 0.4) is 0 Å². The summed E-state index contributed by atoms with van der Waals surface area (Å²) in [6.45, 7) is 4.20. The third-order valence-electron chi connectivity index (χ3n) is 2.54. The molecule has 1 aromatic carbocycles. The van der Waals surface area contributed by atoms with Crippen molar-refractivity contribution < 1.29 is 4.74 Å². The largest absolute Gasteiger partial charge is 0.495 e. The van der Waals surface area contributed by atoms with Crippen LogP contribution < -0.4 is 10.1 Å². The average molecular weight is 261 g/mol. The number of nitrogens with zero attached hydrogens (tertiary/aromatic N) is 2. The lowest BCUT2D eigenvalue weighted by atomic mass is 10.1. The molecule has 0 aromatic heterocycles. The molecule has 94 valence electrons. The molecule has 2 rings (SSSR count). The summed E-state index contributed by atoms with van der Waals surface area (Å²) in [5.41, 5.74) is 1.39. The normalized spacial score (nSPS) is 16.9. The molecule has 1 aliphatic rings. The molecule has 1 heterocycles. The topological polar surface area (TPSA) is 57.4 Å². The Morgan fingerprint density at radius 1 is 1.50 bits per heavy atom. The number of thioether (sulfide) groups is 1. The maximum Gasteiger partial charge on any atom is 0.161 e. The van der Waals surface area contributed by atoms with Gasteiger partial charge in [0.2, 0.25) is 0 Å². The molecule has 0 saturated heterocycles. The highest BCUT2D eigenvalue weighted by molar-refractivity contribution is 8.14. The number of nitriles is 1. The lowest BCUT2D eigenvalue weighted by molar-refractivity contribution is 0.417. The lowest BCUT2D eigenvalue weighted by Gasteiger charge is -2.11. The van der Waals surface area contributed by atoms with E-state index in [0.717, 1.165) is 16.6 Å². The number of nitrogens with one attached hydrogen (secondary N) is 1. The SMILES string of the molecule is COc1cc(C#N)ccc1NC1=NC(C)(C)CS1. The third kappa shape index (κ3) is 2.77. The Morgan fingerprint density at radius 2 is 2.28 bits per heavy atom. The highest BCUT2D eigenvalue weighted by atomic mass is 32.2. The van der Waals surface area contributed by atoms with Gasteiger partial charge in [-0.2, -0.15) is 5.26 Å². The molecule has 1 aromatic rings. The van der Waals surface area contributed by atoms with Crippen LogP contribution in [0.5, 0.6) is 5.75 Å². The van der Waals surface area contributed by atoms with E-state index in [0.29, 0.717) is 11.3 Å². The Bertz CT molecular complexity index is 532. The molecular formula is C13H15N3OS. The number of ether oxygens (including phenoxy) is 1. The quantitative estimate of drug-likeness (QED) is 0.889. The van der Waals surface area contributed by atoms with Crippen LogP contribution in [0.1, 0.15) is 19.4 Å². The number of rotatable bonds is 2. The van der Waals surface area contributed by atoms with Crippen molar-refractivity contribution in [1.82, 2.24) is 0 Å². The van der Waals surface area contributed by atoms with Crippen molar-refractivity contribution in [2.45, 2.75) is 19.4 Å². The van der Waals surface area contributed by atoms with Crippen LogP contribution in [-0.2, 0) is 0 Å². The second-order valence-corrected chi connectivity index (χ2v) is 5.63. The Kier molecular flexibility index (Phi) is 3.48. The van der Waals surface area contributed by atoms with E-state index in [1.807, 2.05) is 6.07 Å². The van der Waals surface area contributed by atoms with E-state index < -0.39 is 0 Å². The molecule has 0 bridgehead atoms. The van der Waals surface area contributed by atoms with Crippen molar-refractivity contribution in [2.75, 3.05) is 18.2 Å². The highest BCUT2D eigenvalue weighted by Gasteiger charge is 2.25. The van der Waals surface area contributed by atoms with E-state index in [4.69, 9.17) is 10.00 Å². The second kappa shape index (κ2) is 4.91. The maximum atomic E-state index is 8.85. The van der Waals surface area contributed by atoms with Crippen molar-refractivity contribution >= 4 is 22.6 Å². The molecule has 4 nitrogen and oxygen atoms in total. The van der Waals surface area contributed by atoms with Gasteiger partial charge in [-0.15, -0.1) is 0 Å². The molecule has 18 heavy (non-hydrogen) atoms. The van der Waals surface area contributed by atoms with Gasteiger partial charge in [0, 0.05) is 11.8 Å². The molecule has 0 spiro atoms. The van der Waals surface area contributed by atoms with Gasteiger partial charge in [-0.1, -0.05) is 11.8 Å². The van der Waals surface area contributed by atoms with E-state index in [1.165, 1.54) is 0 Å². The number of hydrogen-bond acceptors (Lipinski definition) is 5. The monoisotopic (exact) mass is 261 g/mol. The molecule has 0 aliphatic carbocycles. The minimum atomic E-state index is -0.0210. The summed E-state index contributed by atoms with van der Waals surface area (Å²) >= 11 is 1.69. The number of benzene rings is 1. The van der Waals surface area contributed by atoms with Crippen molar-refractivity contribution in [3.8, 4) is 11.8 Å². The summed E-state index contributed by atoms with van der Waals surface area (Å²) in [4.78, 5) is 4.58. The standard InChI is InChI=1S/C13H15N3OS/c1-13(2)8-18-12(16-13)15-10-5-4-9(7-14)6-11(10)17-3/h4-6H,8H2,1-3H3,(H,15,16). The van der Waals surface area contributed by atoms with Gasteiger partial charge in [0.1, 0.15) is 5.75 Å². The molecule has 0 radical (unpaired) electrons. The minimum Gasteiger partial charge on any atom is -0.495 e. The van der Waals surface area contributed by atoms with Gasteiger partial charge in [-0.05, 0) is 26.0 Å². The Balaban J connectivity index is 2.23. The first-order valence-electron chi connectivity index (χ1n) is 5.62. The Morgan fingerprint density at radius 3 is 2.83 bits per heavy atom. The van der Waals surface area contributed by atoms with Crippen molar-refractivity contribution in [2.24, 2.45) is 4.99 Å². The predicted molar refractivity (Wildman–Crippen MR) is 75.3 cm³/mol. The van der Waals surface area contributed by atoms with Gasteiger partial charge in [0.15, 0.2) is 5.17 Å². The first-order chi connectivity index (χ1) is 8.54. The van der Waals surface area contributed by atoms with Gasteiger partial charge >= 0.3 is 0 Å². The van der Waals surface area contributed by atoms with Crippen LogP contribution in [0, 0.1) is 11.3 Å². The number of hydrogen-bond donors (Lipinski definition) is 1. The van der Waals surface area contributed by atoms with Crippen molar-refractivity contribution in [3.63, 3.8) is 0 Å². The first-order valence-corrected chi connectivity index (χ1v) is 6.60. The van der Waals surface area contributed by atoms with E-state index in [-0.39, 0.29) is 5.54 Å². The molecule has 0 unspecified atom stereocenters. The van der Waals surface area contributed by atoms with Crippen LogP contribution in [0.4, 0.5) is 5.69 Å². The van der Waals surface area contributed by atoms with E-state index >= 15 is 0 Å². The Labute approximate surface area is 111 Å². The smallest absolute Gasteiger partial charge is 0.161 e. The summed E-state index contributed by atoms with van der Waals surface area (Å²) < 4.78 is 5.27. The number of amidine groups is 1. The zero-order valence-corrected chi connectivity index (χ0v) is 11.5. The number of methoxy groups -OCH3 is 1. The fraction of sp³-hybridized carbons (Fsp3) is 0.385. The van der Waals surface area contributed by atoms with Crippen LogP contribution in [0.25, 0.3) is 0 Å². The van der Waals surface area contributed by atoms with Gasteiger partial charge in [0.25, 0.3) is 0 Å². The van der Waals surface area contributed by atoms with E-state index in [9.17, 15) is 0 Å². The molecule has 0 atom stereocenters. The zero-order valence-electron chi connectivity index (χ0n) is 10.7. The molecule has 5 heteroatoms. The van der Waals surface area contributed by atoms with E-state index in [2.05, 4.69) is 30.2 Å². The fourth-order valence-electron chi connectivity index (χ4n) is 1.63. The summed E-state index contributed by atoms with van der Waals surface area (Å²) in [5, 5.41) is 13.0. The van der Waals surface area contributed by atoms with Crippen LogP contribution in [-0.4, -0.2) is 23.6 Å². The lowest BCUT2D eigenvalue weighted by Crippen LogP contribution is -2.15. The Hall–Kier alpha value is -1.67. The van der Waals surface area contributed by atoms with Crippen molar-refractivity contribution in [1.29, 1.82) is 5.26 Å². The van der Waals surface area contributed by atoms with Crippen molar-refractivity contribution in [3.05, 3.63) is 23.8 Å².